The van der Waals surface area contributed by atoms with Gasteiger partial charge >= 0.3 is 0 Å². The lowest BCUT2D eigenvalue weighted by Crippen LogP contribution is -2.30. The van der Waals surface area contributed by atoms with E-state index < -0.39 is 0 Å². The summed E-state index contributed by atoms with van der Waals surface area (Å²) in [5.41, 5.74) is 1.38. The van der Waals surface area contributed by atoms with Gasteiger partial charge in [-0.2, -0.15) is 0 Å². The molecule has 0 bridgehead atoms. The largest absolute Gasteiger partial charge is 0.367 e. The molecule has 1 N–H and O–H groups in total. The SMILES string of the molecule is CC(C)N1CCC[C@H]1c1ccc(NC2CCC2)nc1. The van der Waals surface area contributed by atoms with Crippen molar-refractivity contribution < 1.29 is 0 Å². The van der Waals surface area contributed by atoms with E-state index in [1.54, 1.807) is 0 Å². The molecule has 2 fully saturated rings. The summed E-state index contributed by atoms with van der Waals surface area (Å²) in [6, 6.07) is 6.28. The molecular weight excluding hydrogens is 234 g/mol. The molecular formula is C16H25N3. The minimum atomic E-state index is 0.574. The topological polar surface area (TPSA) is 28.2 Å². The van der Waals surface area contributed by atoms with E-state index in [4.69, 9.17) is 0 Å². The van der Waals surface area contributed by atoms with Crippen LogP contribution in [-0.2, 0) is 0 Å². The van der Waals surface area contributed by atoms with Gasteiger partial charge in [-0.1, -0.05) is 6.07 Å². The van der Waals surface area contributed by atoms with Gasteiger partial charge in [0.05, 0.1) is 0 Å². The van der Waals surface area contributed by atoms with E-state index in [0.717, 1.165) is 5.82 Å². The van der Waals surface area contributed by atoms with E-state index in [2.05, 4.69) is 47.4 Å². The zero-order valence-corrected chi connectivity index (χ0v) is 12.1. The van der Waals surface area contributed by atoms with E-state index in [9.17, 15) is 0 Å². The van der Waals surface area contributed by atoms with Crippen molar-refractivity contribution in [3.63, 3.8) is 0 Å². The maximum Gasteiger partial charge on any atom is 0.126 e. The lowest BCUT2D eigenvalue weighted by Gasteiger charge is -2.29. The highest BCUT2D eigenvalue weighted by atomic mass is 15.2. The Balaban J connectivity index is 1.67. The number of anilines is 1. The molecule has 2 aliphatic rings. The summed E-state index contributed by atoms with van der Waals surface area (Å²) >= 11 is 0. The van der Waals surface area contributed by atoms with Gasteiger partial charge in [0, 0.05) is 24.3 Å². The van der Waals surface area contributed by atoms with Gasteiger partial charge in [-0.05, 0) is 64.1 Å². The molecule has 3 rings (SSSR count). The van der Waals surface area contributed by atoms with Crippen molar-refractivity contribution in [2.75, 3.05) is 11.9 Å². The van der Waals surface area contributed by atoms with E-state index in [1.165, 1.54) is 44.2 Å². The van der Waals surface area contributed by atoms with Crippen LogP contribution in [0.4, 0.5) is 5.82 Å². The molecule has 3 nitrogen and oxygen atoms in total. The van der Waals surface area contributed by atoms with Gasteiger partial charge in [0.1, 0.15) is 5.82 Å². The van der Waals surface area contributed by atoms with Gasteiger partial charge in [0.15, 0.2) is 0 Å². The standard InChI is InChI=1S/C16H25N3/c1-12(2)19-10-4-7-15(19)13-8-9-16(17-11-13)18-14-5-3-6-14/h8-9,11-12,14-15H,3-7,10H2,1-2H3,(H,17,18)/t15-/m0/s1. The van der Waals surface area contributed by atoms with Gasteiger partial charge in [-0.3, -0.25) is 4.90 Å². The Morgan fingerprint density at radius 3 is 2.63 bits per heavy atom. The highest BCUT2D eigenvalue weighted by molar-refractivity contribution is 5.38. The maximum atomic E-state index is 4.60. The lowest BCUT2D eigenvalue weighted by molar-refractivity contribution is 0.205. The van der Waals surface area contributed by atoms with E-state index in [1.807, 2.05) is 0 Å². The van der Waals surface area contributed by atoms with Crippen LogP contribution in [0.2, 0.25) is 0 Å². The number of rotatable bonds is 4. The Morgan fingerprint density at radius 1 is 1.21 bits per heavy atom. The van der Waals surface area contributed by atoms with E-state index in [0.29, 0.717) is 18.1 Å². The van der Waals surface area contributed by atoms with E-state index in [-0.39, 0.29) is 0 Å². The molecule has 0 aromatic carbocycles. The van der Waals surface area contributed by atoms with Crippen LogP contribution in [0.15, 0.2) is 18.3 Å². The maximum absolute atomic E-state index is 4.60. The van der Waals surface area contributed by atoms with Crippen LogP contribution in [0.3, 0.4) is 0 Å². The number of nitrogens with one attached hydrogen (secondary N) is 1. The third-order valence-electron chi connectivity index (χ3n) is 4.59. The quantitative estimate of drug-likeness (QED) is 0.895. The Morgan fingerprint density at radius 2 is 2.05 bits per heavy atom. The van der Waals surface area contributed by atoms with Gasteiger partial charge in [0.2, 0.25) is 0 Å². The summed E-state index contributed by atoms with van der Waals surface area (Å²) in [7, 11) is 0. The van der Waals surface area contributed by atoms with Crippen LogP contribution in [-0.4, -0.2) is 28.5 Å². The third kappa shape index (κ3) is 2.76. The molecule has 1 atom stereocenters. The highest BCUT2D eigenvalue weighted by Gasteiger charge is 2.28. The lowest BCUT2D eigenvalue weighted by atomic mass is 9.93. The van der Waals surface area contributed by atoms with Crippen LogP contribution in [0.1, 0.15) is 57.6 Å². The fourth-order valence-electron chi connectivity index (χ4n) is 3.21. The second-order valence-corrected chi connectivity index (χ2v) is 6.24. The molecule has 0 radical (unpaired) electrons. The molecule has 0 unspecified atom stereocenters. The van der Waals surface area contributed by atoms with Crippen LogP contribution in [0.5, 0.6) is 0 Å². The van der Waals surface area contributed by atoms with Crippen LogP contribution in [0.25, 0.3) is 0 Å². The zero-order valence-electron chi connectivity index (χ0n) is 12.1. The van der Waals surface area contributed by atoms with E-state index >= 15 is 0 Å². The minimum absolute atomic E-state index is 0.574. The average molecular weight is 259 g/mol. The minimum Gasteiger partial charge on any atom is -0.367 e. The Hall–Kier alpha value is -1.09. The average Bonchev–Trinajstić information content (AvgIpc) is 2.84. The first-order valence-electron chi connectivity index (χ1n) is 7.72. The van der Waals surface area contributed by atoms with Gasteiger partial charge in [-0.25, -0.2) is 4.98 Å². The summed E-state index contributed by atoms with van der Waals surface area (Å²) in [5.74, 6) is 1.04. The van der Waals surface area contributed by atoms with Crippen molar-refractivity contribution >= 4 is 5.82 Å². The predicted octanol–water partition coefficient (Wildman–Crippen LogP) is 3.59. The van der Waals surface area contributed by atoms with Gasteiger partial charge in [-0.15, -0.1) is 0 Å². The first-order valence-corrected chi connectivity index (χ1v) is 7.72. The molecule has 1 aromatic rings. The molecule has 1 saturated heterocycles. The predicted molar refractivity (Wildman–Crippen MR) is 79.3 cm³/mol. The highest BCUT2D eigenvalue weighted by Crippen LogP contribution is 2.33. The van der Waals surface area contributed by atoms with Crippen LogP contribution in [0, 0.1) is 0 Å². The van der Waals surface area contributed by atoms with Crippen molar-refractivity contribution in [2.24, 2.45) is 0 Å². The third-order valence-corrected chi connectivity index (χ3v) is 4.59. The Kier molecular flexibility index (Phi) is 3.74. The summed E-state index contributed by atoms with van der Waals surface area (Å²) in [4.78, 5) is 7.19. The Bertz CT molecular complexity index is 409. The summed E-state index contributed by atoms with van der Waals surface area (Å²) in [5, 5.41) is 3.51. The van der Waals surface area contributed by atoms with Crippen LogP contribution < -0.4 is 5.32 Å². The summed E-state index contributed by atoms with van der Waals surface area (Å²) in [6.07, 6.45) is 8.62. The van der Waals surface area contributed by atoms with Crippen molar-refractivity contribution in [3.05, 3.63) is 23.9 Å². The molecule has 1 saturated carbocycles. The molecule has 1 aliphatic carbocycles. The molecule has 2 heterocycles. The molecule has 3 heteroatoms. The number of hydrogen-bond acceptors (Lipinski definition) is 3. The second-order valence-electron chi connectivity index (χ2n) is 6.24. The summed E-state index contributed by atoms with van der Waals surface area (Å²) in [6.45, 7) is 5.81. The monoisotopic (exact) mass is 259 g/mol. The molecule has 1 aliphatic heterocycles. The number of nitrogens with zero attached hydrogens (tertiary/aromatic N) is 2. The normalized spacial score (nSPS) is 24.7. The molecule has 0 amide bonds. The smallest absolute Gasteiger partial charge is 0.126 e. The number of aromatic nitrogens is 1. The van der Waals surface area contributed by atoms with Crippen molar-refractivity contribution in [1.82, 2.24) is 9.88 Å². The number of hydrogen-bond donors (Lipinski definition) is 1. The Labute approximate surface area is 116 Å². The van der Waals surface area contributed by atoms with Gasteiger partial charge < -0.3 is 5.32 Å². The second kappa shape index (κ2) is 5.49. The van der Waals surface area contributed by atoms with Crippen molar-refractivity contribution in [1.29, 1.82) is 0 Å². The molecule has 104 valence electrons. The van der Waals surface area contributed by atoms with Crippen molar-refractivity contribution in [2.45, 2.75) is 64.1 Å². The summed E-state index contributed by atoms with van der Waals surface area (Å²) < 4.78 is 0. The number of pyridine rings is 1. The molecule has 0 spiro atoms. The fraction of sp³-hybridized carbons (Fsp3) is 0.688. The molecule has 1 aromatic heterocycles. The number of likely N-dealkylation sites (tertiary alicyclic amines) is 1. The zero-order chi connectivity index (χ0) is 13.2. The first-order chi connectivity index (χ1) is 9.24. The molecule has 19 heavy (non-hydrogen) atoms. The fourth-order valence-corrected chi connectivity index (χ4v) is 3.21. The van der Waals surface area contributed by atoms with Crippen LogP contribution >= 0.6 is 0 Å². The van der Waals surface area contributed by atoms with Gasteiger partial charge in [0.25, 0.3) is 0 Å². The van der Waals surface area contributed by atoms with Crippen molar-refractivity contribution in [3.8, 4) is 0 Å². The first kappa shape index (κ1) is 12.9.